The zero-order chi connectivity index (χ0) is 25.4. The van der Waals surface area contributed by atoms with Gasteiger partial charge in [-0.15, -0.1) is 0 Å². The van der Waals surface area contributed by atoms with Gasteiger partial charge in [0.25, 0.3) is 0 Å². The van der Waals surface area contributed by atoms with E-state index in [1.807, 2.05) is 0 Å². The zero-order valence-electron chi connectivity index (χ0n) is 21.3. The smallest absolute Gasteiger partial charge is 0.411 e. The molecule has 0 saturated carbocycles. The van der Waals surface area contributed by atoms with Gasteiger partial charge in [0.05, 0.1) is 6.61 Å². The molecule has 2 rings (SSSR count). The van der Waals surface area contributed by atoms with Gasteiger partial charge in [-0.25, -0.2) is 9.59 Å². The predicted molar refractivity (Wildman–Crippen MR) is 119 cm³/mol. The molecular formula is C23H40N2O8. The Morgan fingerprint density at radius 3 is 2.09 bits per heavy atom. The second kappa shape index (κ2) is 9.38. The van der Waals surface area contributed by atoms with Crippen LogP contribution in [0.4, 0.5) is 4.79 Å². The van der Waals surface area contributed by atoms with E-state index in [1.165, 1.54) is 11.8 Å². The first-order chi connectivity index (χ1) is 14.9. The normalized spacial score (nSPS) is 29.6. The molecule has 0 aliphatic carbocycles. The Bertz CT molecular complexity index is 755. The van der Waals surface area contributed by atoms with Crippen molar-refractivity contribution in [3.8, 4) is 0 Å². The largest absolute Gasteiger partial charge is 0.458 e. The van der Waals surface area contributed by atoms with Crippen molar-refractivity contribution in [1.29, 1.82) is 0 Å². The van der Waals surface area contributed by atoms with Gasteiger partial charge in [0, 0.05) is 31.9 Å². The van der Waals surface area contributed by atoms with E-state index in [9.17, 15) is 19.5 Å². The van der Waals surface area contributed by atoms with Crippen molar-refractivity contribution in [2.24, 2.45) is 5.92 Å². The van der Waals surface area contributed by atoms with E-state index >= 15 is 0 Å². The number of aliphatic hydroxyl groups excluding tert-OH is 1. The second-order valence-electron chi connectivity index (χ2n) is 11.4. The van der Waals surface area contributed by atoms with Gasteiger partial charge >= 0.3 is 12.1 Å². The van der Waals surface area contributed by atoms with Gasteiger partial charge in [-0.2, -0.15) is 0 Å². The number of carbonyl (C=O) groups excluding carboxylic acids is 3. The van der Waals surface area contributed by atoms with E-state index in [-0.39, 0.29) is 32.0 Å². The fourth-order valence-corrected chi connectivity index (χ4v) is 4.33. The molecule has 1 unspecified atom stereocenters. The first-order valence-electron chi connectivity index (χ1n) is 11.3. The molecule has 2 saturated heterocycles. The molecule has 2 N–H and O–H groups in total. The number of nitrogens with one attached hydrogen (secondary N) is 1. The Balaban J connectivity index is 2.45. The minimum absolute atomic E-state index is 0.0491. The van der Waals surface area contributed by atoms with Gasteiger partial charge < -0.3 is 29.4 Å². The van der Waals surface area contributed by atoms with Crippen LogP contribution in [0.15, 0.2) is 0 Å². The van der Waals surface area contributed by atoms with Crippen molar-refractivity contribution in [2.75, 3.05) is 13.2 Å². The number of rotatable bonds is 5. The Hall–Kier alpha value is -1.91. The Morgan fingerprint density at radius 1 is 1.09 bits per heavy atom. The lowest BCUT2D eigenvalue weighted by molar-refractivity contribution is -0.177. The number of amides is 2. The third-order valence-electron chi connectivity index (χ3n) is 5.32. The quantitative estimate of drug-likeness (QED) is 0.585. The van der Waals surface area contributed by atoms with E-state index in [4.69, 9.17) is 18.9 Å². The molecule has 2 amide bonds. The molecule has 0 radical (unpaired) electrons. The van der Waals surface area contributed by atoms with Gasteiger partial charge in [0.15, 0.2) is 11.5 Å². The molecule has 4 atom stereocenters. The monoisotopic (exact) mass is 472 g/mol. The number of aliphatic hydroxyl groups is 1. The molecule has 10 heteroatoms. The first-order valence-corrected chi connectivity index (χ1v) is 11.3. The van der Waals surface area contributed by atoms with Gasteiger partial charge in [0.1, 0.15) is 17.2 Å². The lowest BCUT2D eigenvalue weighted by atomic mass is 9.92. The fraction of sp³-hybridized carbons (Fsp3) is 0.870. The highest BCUT2D eigenvalue weighted by molar-refractivity contribution is 5.83. The average molecular weight is 473 g/mol. The summed E-state index contributed by atoms with van der Waals surface area (Å²) in [6.07, 6.45) is -0.411. The van der Waals surface area contributed by atoms with Crippen LogP contribution in [0.5, 0.6) is 0 Å². The van der Waals surface area contributed by atoms with Gasteiger partial charge in [-0.05, 0) is 61.8 Å². The van der Waals surface area contributed by atoms with Gasteiger partial charge in [-0.3, -0.25) is 9.69 Å². The minimum Gasteiger partial charge on any atom is -0.458 e. The molecule has 0 bridgehead atoms. The number of hydrogen-bond donors (Lipinski definition) is 2. The summed E-state index contributed by atoms with van der Waals surface area (Å²) in [7, 11) is 0. The van der Waals surface area contributed by atoms with Crippen molar-refractivity contribution < 1.29 is 38.4 Å². The number of esters is 1. The van der Waals surface area contributed by atoms with Crippen LogP contribution in [-0.2, 0) is 28.5 Å². The van der Waals surface area contributed by atoms with Crippen molar-refractivity contribution in [1.82, 2.24) is 10.2 Å². The first kappa shape index (κ1) is 27.3. The summed E-state index contributed by atoms with van der Waals surface area (Å²) < 4.78 is 23.0. The van der Waals surface area contributed by atoms with Crippen LogP contribution in [-0.4, -0.2) is 76.0 Å². The summed E-state index contributed by atoms with van der Waals surface area (Å²) in [6.45, 7) is 15.0. The summed E-state index contributed by atoms with van der Waals surface area (Å²) in [5.41, 5.74) is -2.80. The van der Waals surface area contributed by atoms with E-state index in [0.29, 0.717) is 0 Å². The van der Waals surface area contributed by atoms with Crippen LogP contribution in [0, 0.1) is 5.92 Å². The Morgan fingerprint density at radius 2 is 1.67 bits per heavy atom. The molecule has 2 aliphatic heterocycles. The summed E-state index contributed by atoms with van der Waals surface area (Å²) >= 11 is 0. The maximum absolute atomic E-state index is 13.3. The van der Waals surface area contributed by atoms with Crippen LogP contribution in [0.25, 0.3) is 0 Å². The molecule has 2 aliphatic rings. The van der Waals surface area contributed by atoms with Crippen molar-refractivity contribution in [3.05, 3.63) is 0 Å². The molecule has 0 aromatic carbocycles. The minimum atomic E-state index is -1.24. The highest BCUT2D eigenvalue weighted by Crippen LogP contribution is 2.40. The van der Waals surface area contributed by atoms with Crippen molar-refractivity contribution in [2.45, 2.75) is 110 Å². The standard InChI is InChI=1S/C23H40N2O8/c1-14(27)24-23(13-30-22(8,9)33-23)11-17-15(12-26)10-16(18(28)31-20(2,3)4)25(17)19(29)32-21(5,6)7/h15-17,26H,10-13H2,1-9H3,(H,24,27)/t15-,16+,17+,23?/m0/s1. The van der Waals surface area contributed by atoms with Crippen LogP contribution in [0.2, 0.25) is 0 Å². The molecular weight excluding hydrogens is 432 g/mol. The van der Waals surface area contributed by atoms with E-state index < -0.39 is 52.8 Å². The number of nitrogens with zero attached hydrogens (tertiary/aromatic N) is 1. The molecule has 0 spiro atoms. The lowest BCUT2D eigenvalue weighted by Crippen LogP contribution is -2.57. The maximum atomic E-state index is 13.3. The van der Waals surface area contributed by atoms with Crippen LogP contribution in [0.1, 0.15) is 75.2 Å². The van der Waals surface area contributed by atoms with E-state index in [1.54, 1.807) is 55.4 Å². The third kappa shape index (κ3) is 7.28. The molecule has 33 heavy (non-hydrogen) atoms. The molecule has 190 valence electrons. The molecule has 0 aromatic rings. The maximum Gasteiger partial charge on any atom is 0.411 e. The summed E-state index contributed by atoms with van der Waals surface area (Å²) in [5, 5.41) is 13.0. The zero-order valence-corrected chi connectivity index (χ0v) is 21.3. The highest BCUT2D eigenvalue weighted by atomic mass is 16.8. The number of ether oxygens (including phenoxy) is 4. The average Bonchev–Trinajstić information content (AvgIpc) is 3.08. The SMILES string of the molecule is CC(=O)NC1(C[C@@H]2[C@H](CO)C[C@H](C(=O)OC(C)(C)C)N2C(=O)OC(C)(C)C)COC(C)(C)O1. The molecule has 2 fully saturated rings. The van der Waals surface area contributed by atoms with E-state index in [2.05, 4.69) is 5.32 Å². The lowest BCUT2D eigenvalue weighted by Gasteiger charge is -2.38. The summed E-state index contributed by atoms with van der Waals surface area (Å²) in [5.74, 6) is -2.33. The van der Waals surface area contributed by atoms with E-state index in [0.717, 1.165) is 0 Å². The number of likely N-dealkylation sites (tertiary alicyclic amines) is 1. The number of hydrogen-bond acceptors (Lipinski definition) is 8. The summed E-state index contributed by atoms with van der Waals surface area (Å²) in [4.78, 5) is 39.7. The van der Waals surface area contributed by atoms with Gasteiger partial charge in [-0.1, -0.05) is 0 Å². The van der Waals surface area contributed by atoms with Crippen LogP contribution >= 0.6 is 0 Å². The van der Waals surface area contributed by atoms with Crippen LogP contribution < -0.4 is 5.32 Å². The third-order valence-corrected chi connectivity index (χ3v) is 5.32. The predicted octanol–water partition coefficient (Wildman–Crippen LogP) is 2.32. The molecule has 2 heterocycles. The number of carbonyl (C=O) groups is 3. The topological polar surface area (TPSA) is 124 Å². The second-order valence-corrected chi connectivity index (χ2v) is 11.4. The van der Waals surface area contributed by atoms with Gasteiger partial charge in [0.2, 0.25) is 5.91 Å². The summed E-state index contributed by atoms with van der Waals surface area (Å²) in [6, 6.07) is -1.63. The van der Waals surface area contributed by atoms with Crippen LogP contribution in [0.3, 0.4) is 0 Å². The molecule has 10 nitrogen and oxygen atoms in total. The Labute approximate surface area is 196 Å². The Kier molecular flexibility index (Phi) is 7.77. The highest BCUT2D eigenvalue weighted by Gasteiger charge is 2.55. The van der Waals surface area contributed by atoms with Crippen molar-refractivity contribution in [3.63, 3.8) is 0 Å². The fourth-order valence-electron chi connectivity index (χ4n) is 4.33. The molecule has 0 aromatic heterocycles. The van der Waals surface area contributed by atoms with Crippen molar-refractivity contribution >= 4 is 18.0 Å².